The van der Waals surface area contributed by atoms with E-state index >= 15 is 0 Å². The average Bonchev–Trinajstić information content (AvgIpc) is 3.31. The smallest absolute Gasteiger partial charge is 0.225 e. The van der Waals surface area contributed by atoms with Gasteiger partial charge in [-0.25, -0.2) is 4.98 Å². The van der Waals surface area contributed by atoms with Gasteiger partial charge in [0.15, 0.2) is 0 Å². The van der Waals surface area contributed by atoms with Gasteiger partial charge in [-0.3, -0.25) is 0 Å². The molecule has 0 atom stereocenters. The maximum absolute atomic E-state index is 4.66. The van der Waals surface area contributed by atoms with Crippen LogP contribution in [0.25, 0.3) is 10.9 Å². The van der Waals surface area contributed by atoms with Crippen LogP contribution in [0.5, 0.6) is 0 Å². The Morgan fingerprint density at radius 3 is 2.71 bits per heavy atom. The minimum Gasteiger partial charge on any atom is -0.368 e. The number of para-hydroxylation sites is 1. The van der Waals surface area contributed by atoms with Crippen molar-refractivity contribution >= 4 is 34.4 Å². The summed E-state index contributed by atoms with van der Waals surface area (Å²) in [5.41, 5.74) is 0.989. The van der Waals surface area contributed by atoms with Crippen molar-refractivity contribution in [3.05, 3.63) is 24.3 Å². The van der Waals surface area contributed by atoms with E-state index in [0.717, 1.165) is 36.2 Å². The van der Waals surface area contributed by atoms with Crippen LogP contribution in [0.2, 0.25) is 0 Å². The Hall–Kier alpha value is -1.49. The lowest BCUT2D eigenvalue weighted by atomic mass is 10.2. The van der Waals surface area contributed by atoms with Gasteiger partial charge in [-0.05, 0) is 37.7 Å². The van der Waals surface area contributed by atoms with Crippen molar-refractivity contribution in [1.29, 1.82) is 0 Å². The number of rotatable bonds is 7. The molecule has 5 heteroatoms. The average molecular weight is 302 g/mol. The Morgan fingerprint density at radius 1 is 1.19 bits per heavy atom. The highest BCUT2D eigenvalue weighted by molar-refractivity contribution is 8.00. The van der Waals surface area contributed by atoms with Crippen LogP contribution in [-0.2, 0) is 0 Å². The highest BCUT2D eigenvalue weighted by Gasteiger charge is 2.41. The first-order chi connectivity index (χ1) is 10.3. The van der Waals surface area contributed by atoms with E-state index in [4.69, 9.17) is 0 Å². The van der Waals surface area contributed by atoms with Crippen LogP contribution in [0, 0.1) is 0 Å². The lowest BCUT2D eigenvalue weighted by Crippen LogP contribution is -2.19. The first-order valence-corrected chi connectivity index (χ1v) is 8.78. The summed E-state index contributed by atoms with van der Waals surface area (Å²) in [6, 6.07) is 8.19. The Balaban J connectivity index is 1.87. The topological polar surface area (TPSA) is 49.8 Å². The number of benzene rings is 1. The third kappa shape index (κ3) is 3.23. The SMILES string of the molecule is CCCNc1nc(NCC2(SC)CC2)c2ccccc2n1. The minimum atomic E-state index is 0.420. The van der Waals surface area contributed by atoms with E-state index in [1.165, 1.54) is 12.8 Å². The second-order valence-electron chi connectivity index (χ2n) is 5.58. The van der Waals surface area contributed by atoms with Crippen molar-refractivity contribution < 1.29 is 0 Å². The fourth-order valence-electron chi connectivity index (χ4n) is 2.36. The van der Waals surface area contributed by atoms with E-state index < -0.39 is 0 Å². The molecule has 0 saturated heterocycles. The molecule has 0 bridgehead atoms. The molecule has 1 aliphatic rings. The van der Waals surface area contributed by atoms with Gasteiger partial charge in [0.2, 0.25) is 5.95 Å². The van der Waals surface area contributed by atoms with Crippen molar-refractivity contribution in [2.45, 2.75) is 30.9 Å². The predicted octanol–water partition coefficient (Wildman–Crippen LogP) is 3.76. The van der Waals surface area contributed by atoms with Crippen LogP contribution in [-0.4, -0.2) is 34.1 Å². The van der Waals surface area contributed by atoms with Crippen LogP contribution >= 0.6 is 11.8 Å². The van der Waals surface area contributed by atoms with Crippen LogP contribution in [0.4, 0.5) is 11.8 Å². The standard InChI is InChI=1S/C16H22N4S/c1-3-10-17-15-19-13-7-5-4-6-12(13)14(20-15)18-11-16(21-2)8-9-16/h4-7H,3,8-11H2,1-2H3,(H2,17,18,19,20). The number of nitrogens with zero attached hydrogens (tertiary/aromatic N) is 2. The number of thioether (sulfide) groups is 1. The third-order valence-electron chi connectivity index (χ3n) is 3.96. The lowest BCUT2D eigenvalue weighted by molar-refractivity contribution is 0.933. The summed E-state index contributed by atoms with van der Waals surface area (Å²) in [4.78, 5) is 9.25. The molecule has 0 unspecified atom stereocenters. The second kappa shape index (κ2) is 6.10. The summed E-state index contributed by atoms with van der Waals surface area (Å²) in [6.45, 7) is 4.01. The van der Waals surface area contributed by atoms with Gasteiger partial charge in [0.05, 0.1) is 5.52 Å². The number of aromatic nitrogens is 2. The van der Waals surface area contributed by atoms with Crippen molar-refractivity contribution in [3.8, 4) is 0 Å². The van der Waals surface area contributed by atoms with E-state index in [1.807, 2.05) is 30.0 Å². The molecule has 1 aliphatic carbocycles. The van der Waals surface area contributed by atoms with Crippen LogP contribution in [0.15, 0.2) is 24.3 Å². The summed E-state index contributed by atoms with van der Waals surface area (Å²) in [6.07, 6.45) is 5.85. The number of hydrogen-bond donors (Lipinski definition) is 2. The van der Waals surface area contributed by atoms with Crippen LogP contribution in [0.1, 0.15) is 26.2 Å². The van der Waals surface area contributed by atoms with Gasteiger partial charge in [-0.15, -0.1) is 0 Å². The Labute approximate surface area is 130 Å². The van der Waals surface area contributed by atoms with E-state index in [9.17, 15) is 0 Å². The van der Waals surface area contributed by atoms with Gasteiger partial charge in [-0.1, -0.05) is 19.1 Å². The Morgan fingerprint density at radius 2 is 2.00 bits per heavy atom. The maximum Gasteiger partial charge on any atom is 0.225 e. The number of anilines is 2. The zero-order chi connectivity index (χ0) is 14.7. The normalized spacial score (nSPS) is 15.9. The van der Waals surface area contributed by atoms with E-state index in [1.54, 1.807) is 0 Å². The molecule has 2 N–H and O–H groups in total. The fraction of sp³-hybridized carbons (Fsp3) is 0.500. The molecule has 0 aliphatic heterocycles. The first kappa shape index (κ1) is 14.4. The van der Waals surface area contributed by atoms with Crippen molar-refractivity contribution in [2.75, 3.05) is 30.0 Å². The maximum atomic E-state index is 4.66. The quantitative estimate of drug-likeness (QED) is 0.815. The second-order valence-corrected chi connectivity index (χ2v) is 6.85. The molecule has 21 heavy (non-hydrogen) atoms. The largest absolute Gasteiger partial charge is 0.368 e. The molecule has 3 rings (SSSR count). The van der Waals surface area contributed by atoms with Crippen molar-refractivity contribution in [1.82, 2.24) is 9.97 Å². The summed E-state index contributed by atoms with van der Waals surface area (Å²) in [5, 5.41) is 7.93. The lowest BCUT2D eigenvalue weighted by Gasteiger charge is -2.16. The predicted molar refractivity (Wildman–Crippen MR) is 92.3 cm³/mol. The van der Waals surface area contributed by atoms with Gasteiger partial charge in [-0.2, -0.15) is 16.7 Å². The molecule has 1 heterocycles. The first-order valence-electron chi connectivity index (χ1n) is 7.56. The van der Waals surface area contributed by atoms with Crippen LogP contribution in [0.3, 0.4) is 0 Å². The van der Waals surface area contributed by atoms with Gasteiger partial charge >= 0.3 is 0 Å². The Bertz CT molecular complexity index is 625. The third-order valence-corrected chi connectivity index (χ3v) is 5.37. The van der Waals surface area contributed by atoms with Crippen molar-refractivity contribution in [3.63, 3.8) is 0 Å². The molecule has 2 aromatic rings. The minimum absolute atomic E-state index is 0.420. The zero-order valence-electron chi connectivity index (χ0n) is 12.6. The molecule has 0 radical (unpaired) electrons. The molecule has 1 aromatic heterocycles. The van der Waals surface area contributed by atoms with Gasteiger partial charge in [0, 0.05) is 23.2 Å². The monoisotopic (exact) mass is 302 g/mol. The van der Waals surface area contributed by atoms with Gasteiger partial charge in [0.1, 0.15) is 5.82 Å². The molecule has 0 spiro atoms. The molecule has 4 nitrogen and oxygen atoms in total. The van der Waals surface area contributed by atoms with Crippen LogP contribution < -0.4 is 10.6 Å². The summed E-state index contributed by atoms with van der Waals surface area (Å²) in [5.74, 6) is 1.66. The molecule has 1 saturated carbocycles. The Kier molecular flexibility index (Phi) is 4.19. The molecule has 0 amide bonds. The highest BCUT2D eigenvalue weighted by Crippen LogP contribution is 2.47. The highest BCUT2D eigenvalue weighted by atomic mass is 32.2. The molecular weight excluding hydrogens is 280 g/mol. The molecule has 1 aromatic carbocycles. The number of hydrogen-bond acceptors (Lipinski definition) is 5. The van der Waals surface area contributed by atoms with Gasteiger partial charge in [0.25, 0.3) is 0 Å². The summed E-state index contributed by atoms with van der Waals surface area (Å²) < 4.78 is 0.420. The zero-order valence-corrected chi connectivity index (χ0v) is 13.5. The van der Waals surface area contributed by atoms with E-state index in [-0.39, 0.29) is 0 Å². The number of nitrogens with one attached hydrogen (secondary N) is 2. The van der Waals surface area contributed by atoms with Crippen molar-refractivity contribution in [2.24, 2.45) is 0 Å². The molecular formula is C16H22N4S. The van der Waals surface area contributed by atoms with E-state index in [2.05, 4.69) is 39.8 Å². The summed E-state index contributed by atoms with van der Waals surface area (Å²) >= 11 is 1.96. The van der Waals surface area contributed by atoms with Gasteiger partial charge < -0.3 is 10.6 Å². The molecule has 112 valence electrons. The summed E-state index contributed by atoms with van der Waals surface area (Å²) in [7, 11) is 0. The van der Waals surface area contributed by atoms with E-state index in [0.29, 0.717) is 10.7 Å². The fourth-order valence-corrected chi connectivity index (χ4v) is 3.09. The number of fused-ring (bicyclic) bond motifs is 1. The molecule has 1 fully saturated rings.